The third-order valence-corrected chi connectivity index (χ3v) is 3.29. The van der Waals surface area contributed by atoms with Crippen LogP contribution >= 0.6 is 0 Å². The van der Waals surface area contributed by atoms with Gasteiger partial charge in [0.1, 0.15) is 18.6 Å². The van der Waals surface area contributed by atoms with Crippen LogP contribution in [0.4, 0.5) is 4.39 Å². The number of benzene rings is 1. The van der Waals surface area contributed by atoms with E-state index in [9.17, 15) is 14.0 Å². The molecule has 0 spiro atoms. The molecule has 0 radical (unpaired) electrons. The fraction of sp³-hybridized carbons (Fsp3) is 0.438. The average molecular weight is 322 g/mol. The van der Waals surface area contributed by atoms with Gasteiger partial charge in [-0.25, -0.2) is 4.39 Å². The Morgan fingerprint density at radius 2 is 1.87 bits per heavy atom. The van der Waals surface area contributed by atoms with Crippen molar-refractivity contribution in [3.05, 3.63) is 35.9 Å². The zero-order valence-electron chi connectivity index (χ0n) is 13.4. The van der Waals surface area contributed by atoms with Crippen molar-refractivity contribution in [2.45, 2.75) is 26.3 Å². The second-order valence-corrected chi connectivity index (χ2v) is 6.10. The first kappa shape index (κ1) is 18.6. The van der Waals surface area contributed by atoms with E-state index in [0.717, 1.165) is 0 Å². The fourth-order valence-corrected chi connectivity index (χ4v) is 2.03. The largest absolute Gasteiger partial charge is 0.385 e. The molecule has 1 unspecified atom stereocenters. The van der Waals surface area contributed by atoms with Crippen molar-refractivity contribution >= 4 is 17.6 Å². The van der Waals surface area contributed by atoms with E-state index in [1.54, 1.807) is 30.3 Å². The minimum Gasteiger partial charge on any atom is -0.385 e. The minimum absolute atomic E-state index is 0.0954. The Labute approximate surface area is 135 Å². The van der Waals surface area contributed by atoms with E-state index in [-0.39, 0.29) is 24.7 Å². The molecule has 1 rings (SSSR count). The average Bonchev–Trinajstić information content (AvgIpc) is 2.52. The number of amides is 2. The molecule has 0 aliphatic heterocycles. The van der Waals surface area contributed by atoms with Gasteiger partial charge in [-0.3, -0.25) is 14.6 Å². The number of nitrogens with zero attached hydrogens (tertiary/aromatic N) is 1. The lowest BCUT2D eigenvalue weighted by Crippen LogP contribution is -2.47. The Kier molecular flexibility index (Phi) is 6.68. The standard InChI is InChI=1S/C16H23FN4O2/c1-16(2,10-20-13(18)9-17)8-12(14(19)22)21-15(23)11-6-4-3-5-7-11/h3-7,12H,8-10H2,1-2H3,(H2,18,20)(H2,19,22)(H,21,23). The quantitative estimate of drug-likeness (QED) is 0.490. The van der Waals surface area contributed by atoms with Gasteiger partial charge < -0.3 is 16.8 Å². The topological polar surface area (TPSA) is 111 Å². The Morgan fingerprint density at radius 3 is 2.39 bits per heavy atom. The highest BCUT2D eigenvalue weighted by molar-refractivity contribution is 5.97. The number of halogens is 1. The van der Waals surface area contributed by atoms with E-state index in [1.807, 2.05) is 13.8 Å². The number of nitrogens with one attached hydrogen (secondary N) is 1. The molecule has 6 nitrogen and oxygen atoms in total. The van der Waals surface area contributed by atoms with Crippen LogP contribution in [0.25, 0.3) is 0 Å². The van der Waals surface area contributed by atoms with Crippen molar-refractivity contribution in [3.8, 4) is 0 Å². The summed E-state index contributed by atoms with van der Waals surface area (Å²) in [6.07, 6.45) is 0.268. The van der Waals surface area contributed by atoms with Gasteiger partial charge in [0.05, 0.1) is 0 Å². The maximum absolute atomic E-state index is 12.3. The van der Waals surface area contributed by atoms with Crippen LogP contribution in [0.2, 0.25) is 0 Å². The summed E-state index contributed by atoms with van der Waals surface area (Å²) in [6.45, 7) is 3.09. The van der Waals surface area contributed by atoms with Gasteiger partial charge in [-0.15, -0.1) is 0 Å². The van der Waals surface area contributed by atoms with Gasteiger partial charge in [-0.1, -0.05) is 32.0 Å². The van der Waals surface area contributed by atoms with Crippen LogP contribution in [-0.4, -0.2) is 36.9 Å². The number of nitrogens with two attached hydrogens (primary N) is 2. The predicted octanol–water partition coefficient (Wildman–Crippen LogP) is 1.01. The fourth-order valence-electron chi connectivity index (χ4n) is 2.03. The number of amidine groups is 1. The van der Waals surface area contributed by atoms with E-state index in [1.165, 1.54) is 0 Å². The van der Waals surface area contributed by atoms with Crippen molar-refractivity contribution in [1.82, 2.24) is 5.32 Å². The van der Waals surface area contributed by atoms with Gasteiger partial charge >= 0.3 is 0 Å². The zero-order valence-corrected chi connectivity index (χ0v) is 13.4. The third-order valence-electron chi connectivity index (χ3n) is 3.29. The van der Waals surface area contributed by atoms with Crippen LogP contribution in [0, 0.1) is 5.41 Å². The number of hydrogen-bond acceptors (Lipinski definition) is 3. The number of aliphatic imine (C=N–C) groups is 1. The number of carbonyl (C=O) groups is 2. The summed E-state index contributed by atoms with van der Waals surface area (Å²) in [7, 11) is 0. The molecular weight excluding hydrogens is 299 g/mol. The predicted molar refractivity (Wildman–Crippen MR) is 87.8 cm³/mol. The molecular formula is C16H23FN4O2. The van der Waals surface area contributed by atoms with Crippen LogP contribution in [0.15, 0.2) is 35.3 Å². The molecule has 126 valence electrons. The van der Waals surface area contributed by atoms with E-state index < -0.39 is 24.0 Å². The van der Waals surface area contributed by atoms with Gasteiger partial charge in [-0.05, 0) is 24.0 Å². The molecule has 1 aromatic carbocycles. The van der Waals surface area contributed by atoms with Gasteiger partial charge in [-0.2, -0.15) is 0 Å². The monoisotopic (exact) mass is 322 g/mol. The number of alkyl halides is 1. The molecule has 0 fully saturated rings. The van der Waals surface area contributed by atoms with Gasteiger partial charge in [0.25, 0.3) is 5.91 Å². The first-order chi connectivity index (χ1) is 10.7. The molecule has 1 atom stereocenters. The molecule has 1 aromatic rings. The summed E-state index contributed by atoms with van der Waals surface area (Å²) in [5.41, 5.74) is 10.7. The first-order valence-electron chi connectivity index (χ1n) is 7.25. The van der Waals surface area contributed by atoms with E-state index in [2.05, 4.69) is 10.3 Å². The Bertz CT molecular complexity index is 573. The second kappa shape index (κ2) is 8.26. The van der Waals surface area contributed by atoms with Crippen LogP contribution in [0.5, 0.6) is 0 Å². The number of primary amides is 1. The van der Waals surface area contributed by atoms with E-state index in [0.29, 0.717) is 5.56 Å². The third kappa shape index (κ3) is 6.46. The summed E-state index contributed by atoms with van der Waals surface area (Å²) in [4.78, 5) is 27.7. The van der Waals surface area contributed by atoms with E-state index >= 15 is 0 Å². The Morgan fingerprint density at radius 1 is 1.26 bits per heavy atom. The Balaban J connectivity index is 2.75. The van der Waals surface area contributed by atoms with Crippen LogP contribution in [0.3, 0.4) is 0 Å². The highest BCUT2D eigenvalue weighted by atomic mass is 19.1. The summed E-state index contributed by atoms with van der Waals surface area (Å²) < 4.78 is 12.3. The smallest absolute Gasteiger partial charge is 0.251 e. The summed E-state index contributed by atoms with van der Waals surface area (Å²) >= 11 is 0. The normalized spacial score (nSPS) is 13.4. The highest BCUT2D eigenvalue weighted by Crippen LogP contribution is 2.23. The maximum atomic E-state index is 12.3. The Hall–Kier alpha value is -2.44. The zero-order chi connectivity index (χ0) is 17.5. The lowest BCUT2D eigenvalue weighted by Gasteiger charge is -2.27. The molecule has 0 heterocycles. The lowest BCUT2D eigenvalue weighted by molar-refractivity contribution is -0.120. The molecule has 5 N–H and O–H groups in total. The van der Waals surface area contributed by atoms with Crippen molar-refractivity contribution in [3.63, 3.8) is 0 Å². The maximum Gasteiger partial charge on any atom is 0.251 e. The molecule has 2 amide bonds. The molecule has 0 aliphatic carbocycles. The molecule has 0 aromatic heterocycles. The van der Waals surface area contributed by atoms with Crippen molar-refractivity contribution in [1.29, 1.82) is 0 Å². The molecule has 7 heteroatoms. The number of carbonyl (C=O) groups excluding carboxylic acids is 2. The van der Waals surface area contributed by atoms with Crippen LogP contribution < -0.4 is 16.8 Å². The summed E-state index contributed by atoms with van der Waals surface area (Å²) in [6, 6.07) is 7.69. The lowest BCUT2D eigenvalue weighted by atomic mass is 9.85. The molecule has 0 aliphatic rings. The highest BCUT2D eigenvalue weighted by Gasteiger charge is 2.28. The van der Waals surface area contributed by atoms with Crippen molar-refractivity contribution < 1.29 is 14.0 Å². The first-order valence-corrected chi connectivity index (χ1v) is 7.25. The van der Waals surface area contributed by atoms with Gasteiger partial charge in [0.15, 0.2) is 0 Å². The molecule has 0 saturated carbocycles. The number of hydrogen-bond donors (Lipinski definition) is 3. The van der Waals surface area contributed by atoms with Gasteiger partial charge in [0, 0.05) is 12.1 Å². The van der Waals surface area contributed by atoms with Crippen LogP contribution in [0.1, 0.15) is 30.6 Å². The SMILES string of the molecule is CC(C)(CN=C(N)CF)CC(NC(=O)c1ccccc1)C(N)=O. The molecule has 23 heavy (non-hydrogen) atoms. The summed E-state index contributed by atoms with van der Waals surface area (Å²) in [5.74, 6) is -1.11. The second-order valence-electron chi connectivity index (χ2n) is 6.10. The van der Waals surface area contributed by atoms with E-state index in [4.69, 9.17) is 11.5 Å². The van der Waals surface area contributed by atoms with Crippen LogP contribution in [-0.2, 0) is 4.79 Å². The molecule has 0 saturated heterocycles. The molecule has 0 bridgehead atoms. The minimum atomic E-state index is -0.848. The summed E-state index contributed by atoms with van der Waals surface area (Å²) in [5, 5.41) is 2.62. The number of rotatable bonds is 8. The van der Waals surface area contributed by atoms with Crippen molar-refractivity contribution in [2.75, 3.05) is 13.2 Å². The van der Waals surface area contributed by atoms with Gasteiger partial charge in [0.2, 0.25) is 5.91 Å². The van der Waals surface area contributed by atoms with Crippen molar-refractivity contribution in [2.24, 2.45) is 21.9 Å².